The van der Waals surface area contributed by atoms with Crippen molar-refractivity contribution in [2.75, 3.05) is 0 Å². The summed E-state index contributed by atoms with van der Waals surface area (Å²) < 4.78 is 0. The first-order valence-corrected chi connectivity index (χ1v) is 13.3. The molecule has 6 rings (SSSR count). The van der Waals surface area contributed by atoms with E-state index in [-0.39, 0.29) is 5.41 Å². The summed E-state index contributed by atoms with van der Waals surface area (Å²) in [6.45, 7) is 2.16. The van der Waals surface area contributed by atoms with Crippen molar-refractivity contribution in [1.82, 2.24) is 15.0 Å². The number of aromatic nitrogens is 3. The Kier molecular flexibility index (Phi) is 6.36. The predicted octanol–water partition coefficient (Wildman–Crippen LogP) is 8.43. The van der Waals surface area contributed by atoms with Crippen molar-refractivity contribution in [2.45, 2.75) is 44.4 Å². The van der Waals surface area contributed by atoms with E-state index in [1.54, 1.807) is 0 Å². The van der Waals surface area contributed by atoms with Crippen molar-refractivity contribution in [1.29, 1.82) is 0 Å². The molecule has 0 saturated heterocycles. The zero-order valence-electron chi connectivity index (χ0n) is 21.3. The van der Waals surface area contributed by atoms with Gasteiger partial charge < -0.3 is 0 Å². The minimum Gasteiger partial charge on any atom is -0.208 e. The molecule has 4 aromatic carbocycles. The van der Waals surface area contributed by atoms with Gasteiger partial charge in [0.1, 0.15) is 0 Å². The molecular formula is C34H31N3. The molecule has 3 heteroatoms. The molecule has 0 atom stereocenters. The van der Waals surface area contributed by atoms with Gasteiger partial charge in [-0.05, 0) is 30.9 Å². The van der Waals surface area contributed by atoms with Crippen molar-refractivity contribution in [3.8, 4) is 34.2 Å². The van der Waals surface area contributed by atoms with Gasteiger partial charge in [0.2, 0.25) is 0 Å². The van der Waals surface area contributed by atoms with Crippen LogP contribution >= 0.6 is 0 Å². The average Bonchev–Trinajstić information content (AvgIpc) is 2.99. The summed E-state index contributed by atoms with van der Waals surface area (Å²) in [5.41, 5.74) is 7.19. The van der Waals surface area contributed by atoms with Crippen molar-refractivity contribution >= 4 is 0 Å². The van der Waals surface area contributed by atoms with E-state index in [0.717, 1.165) is 16.7 Å². The summed E-state index contributed by atoms with van der Waals surface area (Å²) in [5, 5.41) is 0. The van der Waals surface area contributed by atoms with Crippen LogP contribution in [0.2, 0.25) is 0 Å². The zero-order valence-corrected chi connectivity index (χ0v) is 21.3. The smallest absolute Gasteiger partial charge is 0.164 e. The third-order valence-corrected chi connectivity index (χ3v) is 7.71. The van der Waals surface area contributed by atoms with Gasteiger partial charge in [-0.2, -0.15) is 0 Å². The maximum absolute atomic E-state index is 4.90. The summed E-state index contributed by atoms with van der Waals surface area (Å²) in [4.78, 5) is 14.6. The molecule has 182 valence electrons. The van der Waals surface area contributed by atoms with E-state index in [9.17, 15) is 0 Å². The third-order valence-electron chi connectivity index (χ3n) is 7.71. The molecule has 0 N–H and O–H groups in total. The van der Waals surface area contributed by atoms with Crippen LogP contribution in [0.5, 0.6) is 0 Å². The second-order valence-electron chi connectivity index (χ2n) is 10.1. The van der Waals surface area contributed by atoms with E-state index in [0.29, 0.717) is 17.5 Å². The molecule has 1 aliphatic rings. The first-order valence-electron chi connectivity index (χ1n) is 13.3. The van der Waals surface area contributed by atoms with E-state index < -0.39 is 0 Å². The average molecular weight is 482 g/mol. The standard InChI is InChI=1S/C34H31N3/c1-25-15-19-29(20-16-25)34(23-9-4-10-24-34)30-21-17-28(18-22-30)33-36-31(26-11-5-2-6-12-26)35-32(37-33)27-13-7-3-8-14-27/h2-3,5-8,11-22H,4,9-10,23-24H2,1H3. The number of hydrogen-bond donors (Lipinski definition) is 0. The van der Waals surface area contributed by atoms with Gasteiger partial charge in [-0.15, -0.1) is 0 Å². The highest BCUT2D eigenvalue weighted by Gasteiger charge is 2.35. The molecule has 0 bridgehead atoms. The molecule has 37 heavy (non-hydrogen) atoms. The predicted molar refractivity (Wildman–Crippen MR) is 151 cm³/mol. The summed E-state index contributed by atoms with van der Waals surface area (Å²) in [7, 11) is 0. The van der Waals surface area contributed by atoms with Crippen molar-refractivity contribution in [2.24, 2.45) is 0 Å². The molecule has 0 radical (unpaired) electrons. The monoisotopic (exact) mass is 481 g/mol. The Morgan fingerprint density at radius 2 is 0.865 bits per heavy atom. The molecule has 0 amide bonds. The van der Waals surface area contributed by atoms with Crippen LogP contribution < -0.4 is 0 Å². The molecule has 1 heterocycles. The molecule has 1 aliphatic carbocycles. The third kappa shape index (κ3) is 4.70. The maximum Gasteiger partial charge on any atom is 0.164 e. The van der Waals surface area contributed by atoms with Gasteiger partial charge >= 0.3 is 0 Å². The Balaban J connectivity index is 1.42. The molecule has 0 unspecified atom stereocenters. The van der Waals surface area contributed by atoms with Crippen LogP contribution in [0.25, 0.3) is 34.2 Å². The largest absolute Gasteiger partial charge is 0.208 e. The van der Waals surface area contributed by atoms with E-state index in [1.165, 1.54) is 48.8 Å². The summed E-state index contributed by atoms with van der Waals surface area (Å²) in [5.74, 6) is 2.08. The Labute approximate surface area is 219 Å². The Bertz CT molecular complexity index is 1410. The van der Waals surface area contributed by atoms with E-state index in [1.807, 2.05) is 60.7 Å². The van der Waals surface area contributed by atoms with E-state index in [2.05, 4.69) is 55.5 Å². The van der Waals surface area contributed by atoms with Crippen LogP contribution in [-0.4, -0.2) is 15.0 Å². The molecule has 1 aromatic heterocycles. The highest BCUT2D eigenvalue weighted by Crippen LogP contribution is 2.45. The van der Waals surface area contributed by atoms with Crippen LogP contribution in [0.3, 0.4) is 0 Å². The maximum atomic E-state index is 4.90. The zero-order chi connectivity index (χ0) is 25.1. The molecule has 0 aliphatic heterocycles. The molecular weight excluding hydrogens is 450 g/mol. The number of benzene rings is 4. The SMILES string of the molecule is Cc1ccc(C2(c3ccc(-c4nc(-c5ccccc5)nc(-c5ccccc5)n4)cc3)CCCCC2)cc1. The van der Waals surface area contributed by atoms with Gasteiger partial charge in [0.05, 0.1) is 0 Å². The summed E-state index contributed by atoms with van der Waals surface area (Å²) in [6.07, 6.45) is 6.24. The van der Waals surface area contributed by atoms with Crippen LogP contribution in [0, 0.1) is 6.92 Å². The lowest BCUT2D eigenvalue weighted by atomic mass is 9.65. The number of nitrogens with zero attached hydrogens (tertiary/aromatic N) is 3. The fourth-order valence-electron chi connectivity index (χ4n) is 5.65. The quantitative estimate of drug-likeness (QED) is 0.253. The van der Waals surface area contributed by atoms with Gasteiger partial charge in [0, 0.05) is 22.1 Å². The first-order chi connectivity index (χ1) is 18.2. The minimum absolute atomic E-state index is 0.0774. The Hall–Kier alpha value is -4.11. The molecule has 1 fully saturated rings. The fourth-order valence-corrected chi connectivity index (χ4v) is 5.65. The topological polar surface area (TPSA) is 38.7 Å². The lowest BCUT2D eigenvalue weighted by Crippen LogP contribution is -2.30. The second kappa shape index (κ2) is 10.1. The molecule has 5 aromatic rings. The van der Waals surface area contributed by atoms with Crippen molar-refractivity contribution in [3.05, 3.63) is 126 Å². The van der Waals surface area contributed by atoms with Crippen molar-refractivity contribution < 1.29 is 0 Å². The van der Waals surface area contributed by atoms with Gasteiger partial charge in [-0.25, -0.2) is 15.0 Å². The van der Waals surface area contributed by atoms with E-state index in [4.69, 9.17) is 15.0 Å². The van der Waals surface area contributed by atoms with Gasteiger partial charge in [-0.1, -0.05) is 134 Å². The second-order valence-corrected chi connectivity index (χ2v) is 10.1. The fraction of sp³-hybridized carbons (Fsp3) is 0.206. The van der Waals surface area contributed by atoms with Gasteiger partial charge in [0.15, 0.2) is 17.5 Å². The normalized spacial score (nSPS) is 14.8. The molecule has 3 nitrogen and oxygen atoms in total. The van der Waals surface area contributed by atoms with E-state index >= 15 is 0 Å². The number of aryl methyl sites for hydroxylation is 1. The first kappa shape index (κ1) is 23.3. The Morgan fingerprint density at radius 3 is 1.32 bits per heavy atom. The molecule has 1 saturated carbocycles. The highest BCUT2D eigenvalue weighted by atomic mass is 15.0. The van der Waals surface area contributed by atoms with Crippen LogP contribution in [0.4, 0.5) is 0 Å². The van der Waals surface area contributed by atoms with Crippen LogP contribution in [-0.2, 0) is 5.41 Å². The van der Waals surface area contributed by atoms with Gasteiger partial charge in [-0.3, -0.25) is 0 Å². The summed E-state index contributed by atoms with van der Waals surface area (Å²) >= 11 is 0. The summed E-state index contributed by atoms with van der Waals surface area (Å²) in [6, 6.07) is 38.4. The lowest BCUT2D eigenvalue weighted by Gasteiger charge is -2.39. The van der Waals surface area contributed by atoms with Crippen LogP contribution in [0.1, 0.15) is 48.8 Å². The highest BCUT2D eigenvalue weighted by molar-refractivity contribution is 5.66. The van der Waals surface area contributed by atoms with Crippen LogP contribution in [0.15, 0.2) is 109 Å². The van der Waals surface area contributed by atoms with Crippen molar-refractivity contribution in [3.63, 3.8) is 0 Å². The van der Waals surface area contributed by atoms with Gasteiger partial charge in [0.25, 0.3) is 0 Å². The number of hydrogen-bond acceptors (Lipinski definition) is 3. The number of rotatable bonds is 5. The lowest BCUT2D eigenvalue weighted by molar-refractivity contribution is 0.346. The minimum atomic E-state index is 0.0774. The molecule has 0 spiro atoms. The Morgan fingerprint density at radius 1 is 0.459 bits per heavy atom.